The van der Waals surface area contributed by atoms with E-state index in [9.17, 15) is 0 Å². The fourth-order valence-electron chi connectivity index (χ4n) is 1.81. The Morgan fingerprint density at radius 3 is 1.55 bits per heavy atom. The number of alkyl halides is 2. The molecule has 22 heavy (non-hydrogen) atoms. The van der Waals surface area contributed by atoms with Gasteiger partial charge in [0.15, 0.2) is 0 Å². The summed E-state index contributed by atoms with van der Waals surface area (Å²) in [6, 6.07) is 0.396. The molecule has 0 rings (SSSR count). The van der Waals surface area contributed by atoms with E-state index in [0.29, 0.717) is 11.9 Å². The van der Waals surface area contributed by atoms with Crippen LogP contribution in [0.4, 0.5) is 0 Å². The van der Waals surface area contributed by atoms with E-state index in [1.807, 2.05) is 31.2 Å². The molecule has 0 aliphatic rings. The molecular weight excluding hydrogens is 315 g/mol. The van der Waals surface area contributed by atoms with Crippen LogP contribution in [-0.2, 0) is 0 Å². The van der Waals surface area contributed by atoms with Crippen molar-refractivity contribution >= 4 is 23.2 Å². The van der Waals surface area contributed by atoms with Crippen LogP contribution >= 0.6 is 23.2 Å². The first-order valence-corrected chi connectivity index (χ1v) is 8.53. The third-order valence-electron chi connectivity index (χ3n) is 2.86. The third kappa shape index (κ3) is 14.4. The summed E-state index contributed by atoms with van der Waals surface area (Å²) in [7, 11) is 0. The Bertz CT molecular complexity index is 283. The lowest BCUT2D eigenvalue weighted by atomic mass is 10.3. The molecule has 0 radical (unpaired) electrons. The van der Waals surface area contributed by atoms with Crippen LogP contribution in [0.5, 0.6) is 0 Å². The predicted octanol–water partition coefficient (Wildman–Crippen LogP) is 4.58. The Labute approximate surface area is 147 Å². The fraction of sp³-hybridized carbons (Fsp3) is 0.556. The lowest BCUT2D eigenvalue weighted by molar-refractivity contribution is 0.276. The molecule has 0 aromatic rings. The van der Waals surface area contributed by atoms with Gasteiger partial charge < -0.3 is 0 Å². The minimum absolute atomic E-state index is 0.190. The number of halogens is 2. The van der Waals surface area contributed by atoms with Gasteiger partial charge in [-0.3, -0.25) is 9.80 Å². The van der Waals surface area contributed by atoms with Crippen LogP contribution in [0.1, 0.15) is 13.8 Å². The number of nitrogens with zero attached hydrogens (tertiary/aromatic N) is 2. The molecule has 0 saturated carbocycles. The molecule has 0 bridgehead atoms. The molecule has 0 saturated heterocycles. The summed E-state index contributed by atoms with van der Waals surface area (Å²) in [5.41, 5.74) is 0. The molecule has 0 aromatic carbocycles. The number of hydrogen-bond acceptors (Lipinski definition) is 2. The molecule has 2 atom stereocenters. The van der Waals surface area contributed by atoms with Crippen molar-refractivity contribution in [2.45, 2.75) is 25.3 Å². The predicted molar refractivity (Wildman–Crippen MR) is 104 cm³/mol. The van der Waals surface area contributed by atoms with Gasteiger partial charge in [0.25, 0.3) is 0 Å². The summed E-state index contributed by atoms with van der Waals surface area (Å²) in [4.78, 5) is 4.41. The highest BCUT2D eigenvalue weighted by Gasteiger charge is 2.08. The summed E-state index contributed by atoms with van der Waals surface area (Å²) in [5, 5.41) is 0.190. The highest BCUT2D eigenvalue weighted by molar-refractivity contribution is 6.20. The van der Waals surface area contributed by atoms with E-state index in [2.05, 4.69) is 43.0 Å². The maximum atomic E-state index is 5.83. The molecule has 0 aromatic heterocycles. The van der Waals surface area contributed by atoms with E-state index >= 15 is 0 Å². The fourth-order valence-corrected chi connectivity index (χ4v) is 2.20. The summed E-state index contributed by atoms with van der Waals surface area (Å²) in [5.74, 6) is 0.654. The van der Waals surface area contributed by atoms with Crippen LogP contribution in [0.15, 0.2) is 50.6 Å². The maximum Gasteiger partial charge on any atom is 0.0435 e. The van der Waals surface area contributed by atoms with Gasteiger partial charge in [-0.2, -0.15) is 0 Å². The number of rotatable bonds is 12. The molecule has 0 aliphatic carbocycles. The van der Waals surface area contributed by atoms with Gasteiger partial charge in [-0.05, 0) is 13.8 Å². The van der Waals surface area contributed by atoms with Crippen LogP contribution in [0.25, 0.3) is 0 Å². The normalized spacial score (nSPS) is 13.0. The Balaban J connectivity index is 0. The van der Waals surface area contributed by atoms with Gasteiger partial charge in [-0.15, -0.1) is 49.5 Å². The monoisotopic (exact) mass is 346 g/mol. The zero-order valence-corrected chi connectivity index (χ0v) is 15.7. The van der Waals surface area contributed by atoms with Crippen LogP contribution in [-0.4, -0.2) is 59.8 Å². The van der Waals surface area contributed by atoms with E-state index in [1.54, 1.807) is 0 Å². The average molecular weight is 347 g/mol. The summed E-state index contributed by atoms with van der Waals surface area (Å²) < 4.78 is 0. The van der Waals surface area contributed by atoms with Crippen molar-refractivity contribution in [1.82, 2.24) is 9.80 Å². The zero-order valence-electron chi connectivity index (χ0n) is 14.2. The van der Waals surface area contributed by atoms with E-state index < -0.39 is 0 Å². The van der Waals surface area contributed by atoms with Gasteiger partial charge in [0.2, 0.25) is 0 Å². The largest absolute Gasteiger partial charge is 0.295 e. The standard InChI is InChI=1S/2C9H16ClN/c1-4-6-11(7-5-2)8-9(3)10;1-4-6-11(7-5-2)9(3)8-10/h2*4-5,9H,1-2,6-8H2,3H3. The van der Waals surface area contributed by atoms with Crippen LogP contribution < -0.4 is 0 Å². The van der Waals surface area contributed by atoms with Crippen molar-refractivity contribution in [3.05, 3.63) is 50.6 Å². The van der Waals surface area contributed by atoms with Gasteiger partial charge >= 0.3 is 0 Å². The van der Waals surface area contributed by atoms with E-state index in [-0.39, 0.29) is 5.38 Å². The van der Waals surface area contributed by atoms with Crippen LogP contribution in [0.3, 0.4) is 0 Å². The first-order valence-electron chi connectivity index (χ1n) is 7.56. The molecule has 128 valence electrons. The van der Waals surface area contributed by atoms with Crippen molar-refractivity contribution < 1.29 is 0 Å². The van der Waals surface area contributed by atoms with Crippen molar-refractivity contribution in [2.24, 2.45) is 0 Å². The van der Waals surface area contributed by atoms with Crippen molar-refractivity contribution in [2.75, 3.05) is 38.6 Å². The van der Waals surface area contributed by atoms with Gasteiger partial charge in [0.1, 0.15) is 0 Å². The zero-order chi connectivity index (χ0) is 17.4. The Morgan fingerprint density at radius 2 is 1.27 bits per heavy atom. The van der Waals surface area contributed by atoms with Crippen molar-refractivity contribution in [3.8, 4) is 0 Å². The summed E-state index contributed by atoms with van der Waals surface area (Å²) in [6.07, 6.45) is 7.52. The second-order valence-electron chi connectivity index (χ2n) is 5.11. The van der Waals surface area contributed by atoms with Crippen molar-refractivity contribution in [3.63, 3.8) is 0 Å². The van der Waals surface area contributed by atoms with Crippen molar-refractivity contribution in [1.29, 1.82) is 0 Å². The molecule has 0 amide bonds. The highest BCUT2D eigenvalue weighted by Crippen LogP contribution is 2.01. The van der Waals surface area contributed by atoms with E-state index in [1.165, 1.54) is 0 Å². The molecule has 0 spiro atoms. The smallest absolute Gasteiger partial charge is 0.0435 e. The summed E-state index contributed by atoms with van der Waals surface area (Å²) >= 11 is 11.5. The lowest BCUT2D eigenvalue weighted by Crippen LogP contribution is -2.34. The van der Waals surface area contributed by atoms with Crippen LogP contribution in [0, 0.1) is 0 Å². The highest BCUT2D eigenvalue weighted by atomic mass is 35.5. The molecule has 0 fully saturated rings. The summed E-state index contributed by atoms with van der Waals surface area (Å²) in [6.45, 7) is 23.2. The maximum absolute atomic E-state index is 5.83. The second-order valence-corrected chi connectivity index (χ2v) is 6.16. The molecule has 2 unspecified atom stereocenters. The Hall–Kier alpha value is -0.540. The lowest BCUT2D eigenvalue weighted by Gasteiger charge is -2.24. The van der Waals surface area contributed by atoms with Crippen LogP contribution in [0.2, 0.25) is 0 Å². The average Bonchev–Trinajstić information content (AvgIpc) is 2.47. The minimum Gasteiger partial charge on any atom is -0.295 e. The molecular formula is C18H32Cl2N2. The SMILES string of the molecule is C=CCN(CC=C)C(C)CCl.C=CCN(CC=C)CC(C)Cl. The molecule has 4 heteroatoms. The first-order chi connectivity index (χ1) is 10.5. The first kappa shape index (κ1) is 23.7. The minimum atomic E-state index is 0.190. The molecule has 0 N–H and O–H groups in total. The van der Waals surface area contributed by atoms with Gasteiger partial charge in [0, 0.05) is 50.0 Å². The topological polar surface area (TPSA) is 6.48 Å². The molecule has 0 heterocycles. The van der Waals surface area contributed by atoms with Gasteiger partial charge in [0.05, 0.1) is 0 Å². The Morgan fingerprint density at radius 1 is 0.864 bits per heavy atom. The molecule has 2 nitrogen and oxygen atoms in total. The van der Waals surface area contributed by atoms with Gasteiger partial charge in [-0.25, -0.2) is 0 Å². The van der Waals surface area contributed by atoms with E-state index in [0.717, 1.165) is 32.7 Å². The second kappa shape index (κ2) is 16.8. The van der Waals surface area contributed by atoms with Gasteiger partial charge in [-0.1, -0.05) is 24.3 Å². The van der Waals surface area contributed by atoms with E-state index in [4.69, 9.17) is 23.2 Å². The third-order valence-corrected chi connectivity index (χ3v) is 3.44. The quantitative estimate of drug-likeness (QED) is 0.377. The number of hydrogen-bond donors (Lipinski definition) is 0. The Kier molecular flexibility index (Phi) is 18.1. The molecule has 0 aliphatic heterocycles.